The van der Waals surface area contributed by atoms with Crippen LogP contribution in [0.1, 0.15) is 62.6 Å². The van der Waals surface area contributed by atoms with Gasteiger partial charge in [0.2, 0.25) is 0 Å². The Morgan fingerprint density at radius 2 is 1.94 bits per heavy atom. The first-order valence-electron chi connectivity index (χ1n) is 11.9. The van der Waals surface area contributed by atoms with Gasteiger partial charge in [0.15, 0.2) is 5.96 Å². The van der Waals surface area contributed by atoms with Crippen molar-refractivity contribution in [1.82, 2.24) is 25.3 Å². The van der Waals surface area contributed by atoms with E-state index in [0.29, 0.717) is 25.1 Å². The summed E-state index contributed by atoms with van der Waals surface area (Å²) in [5.41, 5.74) is 2.32. The summed E-state index contributed by atoms with van der Waals surface area (Å²) in [6.07, 6.45) is 10.2. The third-order valence-electron chi connectivity index (χ3n) is 6.41. The number of nitrogens with zero attached hydrogens (tertiary/aromatic N) is 4. The van der Waals surface area contributed by atoms with Gasteiger partial charge >= 0.3 is 0 Å². The normalized spacial score (nSPS) is 17.4. The minimum Gasteiger partial charge on any atom is -0.383 e. The molecule has 7 heteroatoms. The van der Waals surface area contributed by atoms with E-state index >= 15 is 0 Å². The number of hydrogen-bond donors (Lipinski definition) is 3. The van der Waals surface area contributed by atoms with Gasteiger partial charge in [-0.1, -0.05) is 43.5 Å². The second-order valence-corrected chi connectivity index (χ2v) is 9.20. The molecule has 1 aliphatic rings. The number of hydrogen-bond acceptors (Lipinski definition) is 4. The van der Waals surface area contributed by atoms with Gasteiger partial charge in [0.25, 0.3) is 0 Å². The van der Waals surface area contributed by atoms with Crippen molar-refractivity contribution in [2.75, 3.05) is 20.1 Å². The van der Waals surface area contributed by atoms with Crippen molar-refractivity contribution >= 4 is 5.96 Å². The lowest BCUT2D eigenvalue weighted by Gasteiger charge is -2.31. The zero-order chi connectivity index (χ0) is 23.0. The topological polar surface area (TPSA) is 77.7 Å². The molecule has 2 aromatic rings. The summed E-state index contributed by atoms with van der Waals surface area (Å²) >= 11 is 0. The van der Waals surface area contributed by atoms with Gasteiger partial charge in [-0.2, -0.15) is 5.10 Å². The van der Waals surface area contributed by atoms with Crippen molar-refractivity contribution in [3.63, 3.8) is 0 Å². The van der Waals surface area contributed by atoms with Crippen LogP contribution < -0.4 is 10.6 Å². The maximum atomic E-state index is 10.9. The van der Waals surface area contributed by atoms with Crippen molar-refractivity contribution < 1.29 is 5.11 Å². The SMILES string of the molecule is CCNC(=NCc1ccccc1CN(C)C1CCCCC1)NCC(C)(O)c1cnn(C)c1. The summed E-state index contributed by atoms with van der Waals surface area (Å²) in [7, 11) is 4.10. The minimum atomic E-state index is -1.04. The third kappa shape index (κ3) is 6.81. The Balaban J connectivity index is 1.64. The Labute approximate surface area is 192 Å². The summed E-state index contributed by atoms with van der Waals surface area (Å²) in [5.74, 6) is 0.701. The van der Waals surface area contributed by atoms with Crippen LogP contribution in [0.5, 0.6) is 0 Å². The molecule has 0 amide bonds. The fourth-order valence-corrected chi connectivity index (χ4v) is 4.35. The van der Waals surface area contributed by atoms with Crippen molar-refractivity contribution in [3.8, 4) is 0 Å². The Morgan fingerprint density at radius 1 is 1.22 bits per heavy atom. The van der Waals surface area contributed by atoms with E-state index in [0.717, 1.165) is 18.7 Å². The highest BCUT2D eigenvalue weighted by Gasteiger charge is 2.25. The van der Waals surface area contributed by atoms with E-state index in [-0.39, 0.29) is 0 Å². The maximum Gasteiger partial charge on any atom is 0.191 e. The largest absolute Gasteiger partial charge is 0.383 e. The summed E-state index contributed by atoms with van der Waals surface area (Å²) in [5, 5.41) is 21.6. The van der Waals surface area contributed by atoms with Gasteiger partial charge < -0.3 is 15.7 Å². The molecule has 1 atom stereocenters. The molecule has 176 valence electrons. The van der Waals surface area contributed by atoms with Crippen LogP contribution in [-0.4, -0.2) is 51.9 Å². The maximum absolute atomic E-state index is 10.9. The Kier molecular flexibility index (Phi) is 8.70. The fraction of sp³-hybridized carbons (Fsp3) is 0.600. The van der Waals surface area contributed by atoms with Gasteiger partial charge in [-0.15, -0.1) is 0 Å². The lowest BCUT2D eigenvalue weighted by molar-refractivity contribution is 0.0616. The lowest BCUT2D eigenvalue weighted by atomic mass is 9.94. The van der Waals surface area contributed by atoms with Gasteiger partial charge in [0.05, 0.1) is 19.3 Å². The molecule has 1 fully saturated rings. The highest BCUT2D eigenvalue weighted by Crippen LogP contribution is 2.24. The molecule has 1 aliphatic carbocycles. The van der Waals surface area contributed by atoms with Crippen LogP contribution in [0.3, 0.4) is 0 Å². The molecular weight excluding hydrogens is 400 g/mol. The standard InChI is InChI=1S/C25H40N6O/c1-5-26-24(28-19-25(2,32)22-16-29-31(4)18-22)27-15-20-11-9-10-12-21(20)17-30(3)23-13-7-6-8-14-23/h9-12,16,18,23,32H,5-8,13-15,17,19H2,1-4H3,(H2,26,27,28). The zero-order valence-corrected chi connectivity index (χ0v) is 20.1. The highest BCUT2D eigenvalue weighted by molar-refractivity contribution is 5.79. The van der Waals surface area contributed by atoms with Crippen molar-refractivity contribution in [2.45, 2.75) is 70.7 Å². The quantitative estimate of drug-likeness (QED) is 0.412. The van der Waals surface area contributed by atoms with Crippen molar-refractivity contribution in [2.24, 2.45) is 12.0 Å². The van der Waals surface area contributed by atoms with Crippen LogP contribution in [0.4, 0.5) is 0 Å². The molecule has 1 unspecified atom stereocenters. The van der Waals surface area contributed by atoms with Crippen LogP contribution in [0.25, 0.3) is 0 Å². The molecule has 1 saturated carbocycles. The van der Waals surface area contributed by atoms with E-state index in [1.54, 1.807) is 17.8 Å². The number of aryl methyl sites for hydroxylation is 1. The minimum absolute atomic E-state index is 0.344. The van der Waals surface area contributed by atoms with E-state index in [1.165, 1.54) is 43.2 Å². The number of aliphatic imine (C=N–C) groups is 1. The Bertz CT molecular complexity index is 869. The van der Waals surface area contributed by atoms with Crippen molar-refractivity contribution in [3.05, 3.63) is 53.3 Å². The molecule has 1 aromatic carbocycles. The molecule has 7 nitrogen and oxygen atoms in total. The van der Waals surface area contributed by atoms with Gasteiger partial charge in [-0.05, 0) is 44.9 Å². The van der Waals surface area contributed by atoms with E-state index in [4.69, 9.17) is 4.99 Å². The molecule has 3 rings (SSSR count). The van der Waals surface area contributed by atoms with E-state index in [2.05, 4.69) is 51.9 Å². The number of guanidine groups is 1. The average Bonchev–Trinajstić information content (AvgIpc) is 3.24. The molecule has 0 saturated heterocycles. The van der Waals surface area contributed by atoms with Crippen LogP contribution in [-0.2, 0) is 25.7 Å². The Morgan fingerprint density at radius 3 is 2.59 bits per heavy atom. The molecule has 1 aromatic heterocycles. The monoisotopic (exact) mass is 440 g/mol. The molecule has 0 bridgehead atoms. The predicted molar refractivity (Wildman–Crippen MR) is 130 cm³/mol. The average molecular weight is 441 g/mol. The fourth-order valence-electron chi connectivity index (χ4n) is 4.35. The van der Waals surface area contributed by atoms with Crippen LogP contribution in [0.15, 0.2) is 41.7 Å². The van der Waals surface area contributed by atoms with Crippen LogP contribution in [0.2, 0.25) is 0 Å². The lowest BCUT2D eigenvalue weighted by Crippen LogP contribution is -2.44. The molecule has 1 heterocycles. The molecule has 0 aliphatic heterocycles. The van der Waals surface area contributed by atoms with E-state index in [1.807, 2.05) is 20.2 Å². The first-order valence-corrected chi connectivity index (χ1v) is 11.9. The first-order chi connectivity index (χ1) is 15.4. The smallest absolute Gasteiger partial charge is 0.191 e. The van der Waals surface area contributed by atoms with E-state index < -0.39 is 5.60 Å². The number of aliphatic hydroxyl groups is 1. The first kappa shape index (κ1) is 24.3. The summed E-state index contributed by atoms with van der Waals surface area (Å²) in [4.78, 5) is 7.32. The predicted octanol–water partition coefficient (Wildman–Crippen LogP) is 3.15. The summed E-state index contributed by atoms with van der Waals surface area (Å²) in [6.45, 7) is 6.49. The van der Waals surface area contributed by atoms with Gasteiger partial charge in [0, 0.05) is 37.9 Å². The molecule has 0 spiro atoms. The van der Waals surface area contributed by atoms with Crippen LogP contribution >= 0.6 is 0 Å². The molecule has 3 N–H and O–H groups in total. The summed E-state index contributed by atoms with van der Waals surface area (Å²) in [6, 6.07) is 9.28. The molecule has 32 heavy (non-hydrogen) atoms. The van der Waals surface area contributed by atoms with E-state index in [9.17, 15) is 5.11 Å². The second kappa shape index (κ2) is 11.5. The molecule has 0 radical (unpaired) electrons. The Hall–Kier alpha value is -2.38. The number of rotatable bonds is 9. The number of aromatic nitrogens is 2. The third-order valence-corrected chi connectivity index (χ3v) is 6.41. The zero-order valence-electron chi connectivity index (χ0n) is 20.1. The van der Waals surface area contributed by atoms with Crippen molar-refractivity contribution in [1.29, 1.82) is 0 Å². The van der Waals surface area contributed by atoms with Gasteiger partial charge in [0.1, 0.15) is 5.60 Å². The highest BCUT2D eigenvalue weighted by atomic mass is 16.3. The summed E-state index contributed by atoms with van der Waals surface area (Å²) < 4.78 is 1.70. The number of benzene rings is 1. The van der Waals surface area contributed by atoms with Gasteiger partial charge in [-0.25, -0.2) is 4.99 Å². The second-order valence-electron chi connectivity index (χ2n) is 9.20. The molecular formula is C25H40N6O. The van der Waals surface area contributed by atoms with Crippen LogP contribution in [0, 0.1) is 0 Å². The van der Waals surface area contributed by atoms with Gasteiger partial charge in [-0.3, -0.25) is 9.58 Å². The number of nitrogens with one attached hydrogen (secondary N) is 2.